The lowest BCUT2D eigenvalue weighted by Crippen LogP contribution is -2.38. The number of nitrogens with zero attached hydrogens (tertiary/aromatic N) is 2. The van der Waals surface area contributed by atoms with E-state index in [1.54, 1.807) is 39.4 Å². The Morgan fingerprint density at radius 1 is 1.03 bits per heavy atom. The summed E-state index contributed by atoms with van der Waals surface area (Å²) in [6.07, 6.45) is 5.50. The summed E-state index contributed by atoms with van der Waals surface area (Å²) < 4.78 is 17.7. The molecule has 4 rings (SSSR count). The van der Waals surface area contributed by atoms with Crippen LogP contribution in [0.2, 0.25) is 0 Å². The highest BCUT2D eigenvalue weighted by molar-refractivity contribution is 7.07. The number of aromatic nitrogens is 1. The number of benzene rings is 2. The van der Waals surface area contributed by atoms with E-state index in [0.29, 0.717) is 32.1 Å². The monoisotopic (exact) mass is 476 g/mol. The molecule has 0 saturated heterocycles. The molecule has 1 aliphatic rings. The van der Waals surface area contributed by atoms with Crippen LogP contribution in [-0.4, -0.2) is 31.9 Å². The van der Waals surface area contributed by atoms with Crippen molar-refractivity contribution in [3.63, 3.8) is 0 Å². The normalized spacial score (nSPS) is 15.8. The van der Waals surface area contributed by atoms with E-state index in [4.69, 9.17) is 14.2 Å². The number of hydrogen-bond donors (Lipinski definition) is 0. The van der Waals surface area contributed by atoms with Crippen molar-refractivity contribution in [2.45, 2.75) is 13.0 Å². The number of carbonyl (C=O) groups excluding carboxylic acids is 1. The van der Waals surface area contributed by atoms with E-state index < -0.39 is 12.0 Å². The van der Waals surface area contributed by atoms with Gasteiger partial charge in [-0.25, -0.2) is 9.79 Å². The van der Waals surface area contributed by atoms with Crippen LogP contribution in [0.3, 0.4) is 0 Å². The van der Waals surface area contributed by atoms with Crippen LogP contribution in [0.4, 0.5) is 0 Å². The molecule has 0 spiro atoms. The third-order valence-electron chi connectivity index (χ3n) is 5.45. The van der Waals surface area contributed by atoms with E-state index in [0.717, 1.165) is 11.1 Å². The second-order valence-corrected chi connectivity index (χ2v) is 8.51. The maximum absolute atomic E-state index is 13.5. The topological polar surface area (TPSA) is 79.1 Å². The molecule has 0 N–H and O–H groups in total. The summed E-state index contributed by atoms with van der Waals surface area (Å²) in [4.78, 5) is 31.2. The lowest BCUT2D eigenvalue weighted by atomic mass is 10.0. The zero-order valence-electron chi connectivity index (χ0n) is 19.3. The third-order valence-corrected chi connectivity index (χ3v) is 6.43. The predicted molar refractivity (Wildman–Crippen MR) is 132 cm³/mol. The van der Waals surface area contributed by atoms with Crippen molar-refractivity contribution in [3.05, 3.63) is 96.7 Å². The molecule has 0 radical (unpaired) electrons. The van der Waals surface area contributed by atoms with Gasteiger partial charge in [0.15, 0.2) is 16.3 Å². The minimum Gasteiger partial charge on any atom is -0.493 e. The molecule has 0 fully saturated rings. The summed E-state index contributed by atoms with van der Waals surface area (Å²) >= 11 is 1.27. The molecule has 8 heteroatoms. The van der Waals surface area contributed by atoms with Gasteiger partial charge in [-0.1, -0.05) is 59.9 Å². The van der Waals surface area contributed by atoms with E-state index in [-0.39, 0.29) is 5.56 Å². The number of thiazole rings is 1. The Balaban J connectivity index is 1.86. The number of fused-ring (bicyclic) bond motifs is 1. The number of ether oxygens (including phenoxy) is 3. The van der Waals surface area contributed by atoms with E-state index in [9.17, 15) is 9.59 Å². The first-order chi connectivity index (χ1) is 16.5. The number of carbonyl (C=O) groups is 1. The minimum absolute atomic E-state index is 0.241. The molecule has 0 aliphatic carbocycles. The lowest BCUT2D eigenvalue weighted by Gasteiger charge is -2.21. The average Bonchev–Trinajstić information content (AvgIpc) is 3.16. The second kappa shape index (κ2) is 9.93. The first-order valence-electron chi connectivity index (χ1n) is 10.5. The zero-order valence-corrected chi connectivity index (χ0v) is 20.1. The maximum Gasteiger partial charge on any atom is 0.338 e. The van der Waals surface area contributed by atoms with Gasteiger partial charge in [0.05, 0.1) is 43.2 Å². The molecule has 0 amide bonds. The molecular formula is C26H24N2O5S. The first kappa shape index (κ1) is 23.3. The predicted octanol–water partition coefficient (Wildman–Crippen LogP) is 3.09. The number of methoxy groups -OCH3 is 3. The highest BCUT2D eigenvalue weighted by Gasteiger charge is 2.30. The quantitative estimate of drug-likeness (QED) is 0.511. The summed E-state index contributed by atoms with van der Waals surface area (Å²) in [5.41, 5.74) is 2.35. The van der Waals surface area contributed by atoms with Crippen molar-refractivity contribution < 1.29 is 19.0 Å². The van der Waals surface area contributed by atoms with Crippen LogP contribution in [0, 0.1) is 0 Å². The third kappa shape index (κ3) is 4.45. The van der Waals surface area contributed by atoms with E-state index in [1.165, 1.54) is 23.0 Å². The molecule has 1 aliphatic heterocycles. The highest BCUT2D eigenvalue weighted by Crippen LogP contribution is 2.28. The molecule has 1 aromatic heterocycles. The molecule has 3 aromatic rings. The Hall–Kier alpha value is -3.91. The molecule has 1 atom stereocenters. The van der Waals surface area contributed by atoms with Crippen LogP contribution in [0.25, 0.3) is 12.2 Å². The van der Waals surface area contributed by atoms with Crippen molar-refractivity contribution in [3.8, 4) is 11.5 Å². The Kier molecular flexibility index (Phi) is 6.79. The number of hydrogen-bond acceptors (Lipinski definition) is 7. The Morgan fingerprint density at radius 2 is 1.76 bits per heavy atom. The van der Waals surface area contributed by atoms with Crippen molar-refractivity contribution in [2.24, 2.45) is 4.99 Å². The summed E-state index contributed by atoms with van der Waals surface area (Å²) in [6, 6.07) is 14.5. The van der Waals surface area contributed by atoms with Crippen LogP contribution >= 0.6 is 11.3 Å². The molecule has 2 heterocycles. The molecular weight excluding hydrogens is 452 g/mol. The van der Waals surface area contributed by atoms with E-state index >= 15 is 0 Å². The average molecular weight is 477 g/mol. The van der Waals surface area contributed by atoms with Crippen LogP contribution in [0.1, 0.15) is 24.1 Å². The molecule has 174 valence electrons. The summed E-state index contributed by atoms with van der Waals surface area (Å²) in [5, 5.41) is 0. The Bertz CT molecular complexity index is 1470. The van der Waals surface area contributed by atoms with Crippen molar-refractivity contribution in [1.82, 2.24) is 4.57 Å². The van der Waals surface area contributed by atoms with Gasteiger partial charge in [0.2, 0.25) is 0 Å². The lowest BCUT2D eigenvalue weighted by molar-refractivity contribution is -0.136. The largest absolute Gasteiger partial charge is 0.493 e. The Morgan fingerprint density at radius 3 is 2.44 bits per heavy atom. The van der Waals surface area contributed by atoms with Crippen LogP contribution < -0.4 is 24.4 Å². The van der Waals surface area contributed by atoms with Gasteiger partial charge in [-0.2, -0.15) is 0 Å². The first-order valence-corrected chi connectivity index (χ1v) is 11.3. The van der Waals surface area contributed by atoms with Gasteiger partial charge >= 0.3 is 5.97 Å². The van der Waals surface area contributed by atoms with Crippen molar-refractivity contribution in [2.75, 3.05) is 21.3 Å². The number of rotatable bonds is 6. The fourth-order valence-electron chi connectivity index (χ4n) is 3.78. The van der Waals surface area contributed by atoms with Crippen LogP contribution in [-0.2, 0) is 9.53 Å². The zero-order chi connectivity index (χ0) is 24.2. The van der Waals surface area contributed by atoms with Gasteiger partial charge in [-0.05, 0) is 36.3 Å². The fraction of sp³-hybridized carbons (Fsp3) is 0.192. The van der Waals surface area contributed by atoms with Crippen LogP contribution in [0.5, 0.6) is 11.5 Å². The van der Waals surface area contributed by atoms with Gasteiger partial charge in [-0.3, -0.25) is 9.36 Å². The summed E-state index contributed by atoms with van der Waals surface area (Å²) in [7, 11) is 4.45. The fourth-order valence-corrected chi connectivity index (χ4v) is 4.83. The van der Waals surface area contributed by atoms with Gasteiger partial charge in [-0.15, -0.1) is 0 Å². The molecule has 1 unspecified atom stereocenters. The molecule has 0 saturated carbocycles. The van der Waals surface area contributed by atoms with E-state index in [1.807, 2.05) is 48.6 Å². The molecule has 2 aromatic carbocycles. The minimum atomic E-state index is -0.642. The maximum atomic E-state index is 13.5. The highest BCUT2D eigenvalue weighted by atomic mass is 32.1. The van der Waals surface area contributed by atoms with Gasteiger partial charge in [0, 0.05) is 0 Å². The van der Waals surface area contributed by atoms with Gasteiger partial charge in [0.25, 0.3) is 5.56 Å². The smallest absolute Gasteiger partial charge is 0.338 e. The van der Waals surface area contributed by atoms with Crippen molar-refractivity contribution >= 4 is 29.5 Å². The Labute approximate surface area is 200 Å². The van der Waals surface area contributed by atoms with Gasteiger partial charge < -0.3 is 14.2 Å². The molecule has 0 bridgehead atoms. The number of esters is 1. The second-order valence-electron chi connectivity index (χ2n) is 7.50. The molecule has 34 heavy (non-hydrogen) atoms. The number of allylic oxidation sites excluding steroid dienone is 2. The summed E-state index contributed by atoms with van der Waals surface area (Å²) in [5.74, 6) is 0.653. The standard InChI is InChI=1S/C26H24N2O5S/c1-16-23(25(30)33-4)19(12-10-17-8-6-5-7-9-17)28-24(29)22(34-26(28)27-16)15-18-11-13-20(31-2)21(14-18)32-3/h5-15,19H,1-4H3/b12-10+,22-15-. The molecule has 7 nitrogen and oxygen atoms in total. The van der Waals surface area contributed by atoms with Crippen molar-refractivity contribution in [1.29, 1.82) is 0 Å². The van der Waals surface area contributed by atoms with Gasteiger partial charge in [0.1, 0.15) is 0 Å². The summed E-state index contributed by atoms with van der Waals surface area (Å²) in [6.45, 7) is 1.75. The SMILES string of the molecule is COC(=O)C1=C(C)N=c2s/c(=C\c3ccc(OC)c(OC)c3)c(=O)n2C1/C=C/c1ccccc1. The van der Waals surface area contributed by atoms with E-state index in [2.05, 4.69) is 4.99 Å². The van der Waals surface area contributed by atoms with Crippen LogP contribution in [0.15, 0.2) is 75.7 Å².